The van der Waals surface area contributed by atoms with Crippen LogP contribution in [0.4, 0.5) is 8.78 Å². The van der Waals surface area contributed by atoms with Gasteiger partial charge in [0.05, 0.1) is 0 Å². The van der Waals surface area contributed by atoms with Gasteiger partial charge >= 0.3 is 0 Å². The lowest BCUT2D eigenvalue weighted by atomic mass is 10.2. The number of carbonyl (C=O) groups excluding carboxylic acids is 2. The molecule has 140 valence electrons. The van der Waals surface area contributed by atoms with Crippen LogP contribution in [0.2, 0.25) is 0 Å². The van der Waals surface area contributed by atoms with Gasteiger partial charge < -0.3 is 10.6 Å². The van der Waals surface area contributed by atoms with Crippen LogP contribution >= 0.6 is 0 Å². The molecule has 0 aliphatic carbocycles. The molecule has 2 aromatic rings. The fourth-order valence-corrected chi connectivity index (χ4v) is 2.15. The van der Waals surface area contributed by atoms with Gasteiger partial charge in [0.1, 0.15) is 11.6 Å². The number of nitrogens with one attached hydrogen (secondary N) is 2. The summed E-state index contributed by atoms with van der Waals surface area (Å²) in [6.07, 6.45) is 5.84. The maximum Gasteiger partial charge on any atom is 0.244 e. The first-order chi connectivity index (χ1) is 12.9. The first-order valence-electron chi connectivity index (χ1n) is 8.38. The van der Waals surface area contributed by atoms with E-state index in [4.69, 9.17) is 0 Å². The largest absolute Gasteiger partial charge is 0.351 e. The van der Waals surface area contributed by atoms with Gasteiger partial charge in [0, 0.05) is 24.7 Å². The Labute approximate surface area is 156 Å². The van der Waals surface area contributed by atoms with Crippen molar-refractivity contribution >= 4 is 24.0 Å². The molecule has 0 heterocycles. The molecule has 4 nitrogen and oxygen atoms in total. The van der Waals surface area contributed by atoms with Crippen LogP contribution in [0.3, 0.4) is 0 Å². The lowest BCUT2D eigenvalue weighted by Crippen LogP contribution is -2.40. The Morgan fingerprint density at radius 2 is 1.30 bits per heavy atom. The maximum absolute atomic E-state index is 12.8. The van der Waals surface area contributed by atoms with Crippen molar-refractivity contribution in [2.75, 3.05) is 6.54 Å². The molecule has 0 aromatic heterocycles. The summed E-state index contributed by atoms with van der Waals surface area (Å²) in [6.45, 7) is 2.01. The van der Waals surface area contributed by atoms with Gasteiger partial charge in [-0.3, -0.25) is 9.59 Å². The molecule has 1 unspecified atom stereocenters. The normalized spacial score (nSPS) is 12.3. The van der Waals surface area contributed by atoms with Crippen LogP contribution in [0.15, 0.2) is 60.7 Å². The van der Waals surface area contributed by atoms with Crippen molar-refractivity contribution in [1.29, 1.82) is 0 Å². The molecule has 2 N–H and O–H groups in total. The fourth-order valence-electron chi connectivity index (χ4n) is 2.15. The second kappa shape index (κ2) is 10.0. The molecule has 0 aliphatic rings. The Kier molecular flexibility index (Phi) is 7.43. The number of rotatable bonds is 7. The molecule has 2 amide bonds. The number of carbonyl (C=O) groups is 2. The number of hydrogen-bond donors (Lipinski definition) is 2. The van der Waals surface area contributed by atoms with Gasteiger partial charge in [-0.1, -0.05) is 24.3 Å². The Morgan fingerprint density at radius 3 is 1.78 bits per heavy atom. The van der Waals surface area contributed by atoms with E-state index in [9.17, 15) is 18.4 Å². The zero-order valence-electron chi connectivity index (χ0n) is 14.8. The first kappa shape index (κ1) is 20.0. The molecule has 0 radical (unpaired) electrons. The topological polar surface area (TPSA) is 58.2 Å². The maximum atomic E-state index is 12.8. The smallest absolute Gasteiger partial charge is 0.244 e. The summed E-state index contributed by atoms with van der Waals surface area (Å²) in [7, 11) is 0. The van der Waals surface area contributed by atoms with Crippen molar-refractivity contribution in [2.45, 2.75) is 13.0 Å². The van der Waals surface area contributed by atoms with E-state index in [0.29, 0.717) is 11.1 Å². The number of halogens is 2. The molecule has 1 atom stereocenters. The minimum atomic E-state index is -0.338. The first-order valence-corrected chi connectivity index (χ1v) is 8.38. The average Bonchev–Trinajstić information content (AvgIpc) is 2.65. The third-order valence-corrected chi connectivity index (χ3v) is 3.57. The molecule has 6 heteroatoms. The highest BCUT2D eigenvalue weighted by Crippen LogP contribution is 2.05. The molecule has 27 heavy (non-hydrogen) atoms. The Bertz CT molecular complexity index is 828. The molecule has 0 spiro atoms. The molecule has 0 fully saturated rings. The van der Waals surface area contributed by atoms with Gasteiger partial charge in [-0.05, 0) is 54.5 Å². The molecule has 2 aromatic carbocycles. The highest BCUT2D eigenvalue weighted by atomic mass is 19.1. The Hall–Kier alpha value is -3.28. The molecule has 0 saturated heterocycles. The van der Waals surface area contributed by atoms with Crippen LogP contribution in [0.5, 0.6) is 0 Å². The number of hydrogen-bond acceptors (Lipinski definition) is 2. The fraction of sp³-hybridized carbons (Fsp3) is 0.143. The van der Waals surface area contributed by atoms with E-state index >= 15 is 0 Å². The van der Waals surface area contributed by atoms with E-state index < -0.39 is 0 Å². The van der Waals surface area contributed by atoms with Gasteiger partial charge in [-0.15, -0.1) is 0 Å². The van der Waals surface area contributed by atoms with Gasteiger partial charge in [0.25, 0.3) is 0 Å². The Morgan fingerprint density at radius 1 is 0.852 bits per heavy atom. The second-order valence-electron chi connectivity index (χ2n) is 5.92. The van der Waals surface area contributed by atoms with Gasteiger partial charge in [-0.2, -0.15) is 0 Å². The standard InChI is InChI=1S/C21H20F2N2O2/c1-15(25-21(27)13-7-17-4-10-19(23)11-5-17)14-24-20(26)12-6-16-2-8-18(22)9-3-16/h2-13,15H,14H2,1H3,(H,24,26)(H,25,27)/b12-6+,13-7+. The molecule has 0 saturated carbocycles. The minimum absolute atomic E-state index is 0.253. The van der Waals surface area contributed by atoms with Crippen LogP contribution in [0.25, 0.3) is 12.2 Å². The van der Waals surface area contributed by atoms with Crippen molar-refractivity contribution in [3.05, 3.63) is 83.4 Å². The van der Waals surface area contributed by atoms with Crippen molar-refractivity contribution in [2.24, 2.45) is 0 Å². The van der Waals surface area contributed by atoms with Gasteiger partial charge in [-0.25, -0.2) is 8.78 Å². The van der Waals surface area contributed by atoms with Crippen LogP contribution in [0.1, 0.15) is 18.1 Å². The quantitative estimate of drug-likeness (QED) is 0.735. The van der Waals surface area contributed by atoms with Crippen LogP contribution in [-0.4, -0.2) is 24.4 Å². The summed E-state index contributed by atoms with van der Waals surface area (Å²) >= 11 is 0. The summed E-state index contributed by atoms with van der Waals surface area (Å²) in [5.41, 5.74) is 1.41. The van der Waals surface area contributed by atoms with E-state index in [1.165, 1.54) is 36.4 Å². The lowest BCUT2D eigenvalue weighted by Gasteiger charge is -2.12. The molecular formula is C21H20F2N2O2. The zero-order valence-corrected chi connectivity index (χ0v) is 14.8. The van der Waals surface area contributed by atoms with Crippen molar-refractivity contribution < 1.29 is 18.4 Å². The summed E-state index contributed by atoms with van der Waals surface area (Å²) in [5, 5.41) is 5.39. The summed E-state index contributed by atoms with van der Waals surface area (Å²) < 4.78 is 25.6. The van der Waals surface area contributed by atoms with Crippen molar-refractivity contribution in [3.63, 3.8) is 0 Å². The highest BCUT2D eigenvalue weighted by Gasteiger charge is 2.05. The van der Waals surface area contributed by atoms with E-state index in [1.54, 1.807) is 43.3 Å². The van der Waals surface area contributed by atoms with Crippen LogP contribution in [0, 0.1) is 11.6 Å². The third kappa shape index (κ3) is 7.64. The highest BCUT2D eigenvalue weighted by molar-refractivity contribution is 5.92. The predicted molar refractivity (Wildman–Crippen MR) is 101 cm³/mol. The zero-order chi connectivity index (χ0) is 19.6. The van der Waals surface area contributed by atoms with E-state index in [1.807, 2.05) is 0 Å². The third-order valence-electron chi connectivity index (χ3n) is 3.57. The SMILES string of the molecule is CC(CNC(=O)/C=C/c1ccc(F)cc1)NC(=O)/C=C/c1ccc(F)cc1. The predicted octanol–water partition coefficient (Wildman–Crippen LogP) is 3.31. The van der Waals surface area contributed by atoms with E-state index in [0.717, 1.165) is 0 Å². The average molecular weight is 370 g/mol. The number of benzene rings is 2. The summed E-state index contributed by atoms with van der Waals surface area (Å²) in [4.78, 5) is 23.6. The monoisotopic (exact) mass is 370 g/mol. The van der Waals surface area contributed by atoms with E-state index in [2.05, 4.69) is 10.6 Å². The van der Waals surface area contributed by atoms with E-state index in [-0.39, 0.29) is 36.0 Å². The second-order valence-corrected chi connectivity index (χ2v) is 5.92. The molecule has 0 bridgehead atoms. The Balaban J connectivity index is 1.73. The molecule has 0 aliphatic heterocycles. The van der Waals surface area contributed by atoms with Crippen molar-refractivity contribution in [3.8, 4) is 0 Å². The number of amides is 2. The summed E-state index contributed by atoms with van der Waals surface area (Å²) in [5.74, 6) is -1.31. The van der Waals surface area contributed by atoms with Gasteiger partial charge in [0.2, 0.25) is 11.8 Å². The molecular weight excluding hydrogens is 350 g/mol. The van der Waals surface area contributed by atoms with Crippen LogP contribution < -0.4 is 10.6 Å². The van der Waals surface area contributed by atoms with Crippen molar-refractivity contribution in [1.82, 2.24) is 10.6 Å². The van der Waals surface area contributed by atoms with Gasteiger partial charge in [0.15, 0.2) is 0 Å². The van der Waals surface area contributed by atoms with Crippen LogP contribution in [-0.2, 0) is 9.59 Å². The lowest BCUT2D eigenvalue weighted by molar-refractivity contribution is -0.118. The summed E-state index contributed by atoms with van der Waals surface area (Å²) in [6, 6.07) is 11.2. The molecule has 2 rings (SSSR count). The minimum Gasteiger partial charge on any atom is -0.351 e.